The molecule has 1 saturated carbocycles. The molecule has 0 aromatic heterocycles. The third-order valence-corrected chi connectivity index (χ3v) is 4.87. The monoisotopic (exact) mass is 257 g/mol. The number of benzene rings is 1. The van der Waals surface area contributed by atoms with Crippen LogP contribution in [0, 0.1) is 11.8 Å². The molecule has 19 heavy (non-hydrogen) atoms. The van der Waals surface area contributed by atoms with Crippen molar-refractivity contribution < 1.29 is 4.79 Å². The van der Waals surface area contributed by atoms with Crippen molar-refractivity contribution in [1.82, 2.24) is 0 Å². The molecule has 1 aliphatic heterocycles. The Morgan fingerprint density at radius 3 is 3.00 bits per heavy atom. The lowest BCUT2D eigenvalue weighted by molar-refractivity contribution is 0.0820. The molecule has 1 N–H and O–H groups in total. The van der Waals surface area contributed by atoms with E-state index in [1.54, 1.807) is 0 Å². The van der Waals surface area contributed by atoms with Crippen molar-refractivity contribution in [3.63, 3.8) is 0 Å². The molecule has 3 rings (SSSR count). The Kier molecular flexibility index (Phi) is 3.58. The van der Waals surface area contributed by atoms with Crippen molar-refractivity contribution in [1.29, 1.82) is 0 Å². The average Bonchev–Trinajstić information content (AvgIpc) is 2.93. The second-order valence-corrected chi connectivity index (χ2v) is 5.97. The summed E-state index contributed by atoms with van der Waals surface area (Å²) in [4.78, 5) is 12.7. The topological polar surface area (TPSA) is 29.1 Å². The van der Waals surface area contributed by atoms with E-state index in [-0.39, 0.29) is 5.92 Å². The van der Waals surface area contributed by atoms with Crippen LogP contribution in [0.15, 0.2) is 18.2 Å². The van der Waals surface area contributed by atoms with Crippen molar-refractivity contribution in [2.75, 3.05) is 11.9 Å². The van der Waals surface area contributed by atoms with E-state index in [0.717, 1.165) is 31.4 Å². The quantitative estimate of drug-likeness (QED) is 0.828. The molecule has 1 aromatic carbocycles. The third kappa shape index (κ3) is 2.41. The molecule has 0 saturated heterocycles. The normalized spacial score (nSPS) is 25.7. The van der Waals surface area contributed by atoms with Gasteiger partial charge < -0.3 is 5.32 Å². The molecule has 2 unspecified atom stereocenters. The van der Waals surface area contributed by atoms with Crippen LogP contribution < -0.4 is 5.32 Å². The fourth-order valence-corrected chi connectivity index (χ4v) is 3.71. The summed E-state index contributed by atoms with van der Waals surface area (Å²) in [6.07, 6.45) is 7.04. The van der Waals surface area contributed by atoms with Crippen molar-refractivity contribution >= 4 is 11.5 Å². The number of ketones is 1. The molecular formula is C17H23NO. The fraction of sp³-hybridized carbons (Fsp3) is 0.588. The molecule has 0 bridgehead atoms. The Morgan fingerprint density at radius 1 is 1.32 bits per heavy atom. The van der Waals surface area contributed by atoms with Gasteiger partial charge in [-0.25, -0.2) is 0 Å². The molecule has 102 valence electrons. The third-order valence-electron chi connectivity index (χ3n) is 4.87. The Balaban J connectivity index is 1.82. The maximum atomic E-state index is 12.7. The molecule has 1 aliphatic carbocycles. The minimum Gasteiger partial charge on any atom is -0.384 e. The first kappa shape index (κ1) is 12.7. The van der Waals surface area contributed by atoms with Crippen LogP contribution in [0.25, 0.3) is 0 Å². The number of rotatable bonds is 3. The summed E-state index contributed by atoms with van der Waals surface area (Å²) >= 11 is 0. The lowest BCUT2D eigenvalue weighted by Gasteiger charge is -2.29. The highest BCUT2D eigenvalue weighted by Crippen LogP contribution is 2.35. The van der Waals surface area contributed by atoms with E-state index in [9.17, 15) is 4.79 Å². The smallest absolute Gasteiger partial charge is 0.166 e. The van der Waals surface area contributed by atoms with Gasteiger partial charge in [0.15, 0.2) is 5.78 Å². The van der Waals surface area contributed by atoms with Gasteiger partial charge in [-0.3, -0.25) is 4.79 Å². The van der Waals surface area contributed by atoms with Gasteiger partial charge in [0, 0.05) is 23.7 Å². The van der Waals surface area contributed by atoms with Crippen LogP contribution in [0.5, 0.6) is 0 Å². The second-order valence-electron chi connectivity index (χ2n) is 5.97. The SMILES string of the molecule is CCC1CCCCC1C(=O)c1ccc2c(c1)CCN2. The summed E-state index contributed by atoms with van der Waals surface area (Å²) in [5, 5.41) is 3.35. The Morgan fingerprint density at radius 2 is 2.16 bits per heavy atom. The van der Waals surface area contributed by atoms with E-state index in [1.807, 2.05) is 6.07 Å². The number of fused-ring (bicyclic) bond motifs is 1. The minimum atomic E-state index is 0.270. The standard InChI is InChI=1S/C17H23NO/c1-2-12-5-3-4-6-15(12)17(19)14-7-8-16-13(11-14)9-10-18-16/h7-8,11-12,15,18H,2-6,9-10H2,1H3. The van der Waals surface area contributed by atoms with Gasteiger partial charge in [-0.05, 0) is 48.9 Å². The minimum absolute atomic E-state index is 0.270. The number of hydrogen-bond acceptors (Lipinski definition) is 2. The average molecular weight is 257 g/mol. The molecule has 1 heterocycles. The summed E-state index contributed by atoms with van der Waals surface area (Å²) in [6.45, 7) is 3.23. The summed E-state index contributed by atoms with van der Waals surface area (Å²) < 4.78 is 0. The first-order chi connectivity index (χ1) is 9.29. The predicted molar refractivity (Wildman–Crippen MR) is 78.7 cm³/mol. The number of Topliss-reactive ketones (excluding diaryl/α,β-unsaturated/α-hetero) is 1. The van der Waals surface area contributed by atoms with Crippen molar-refractivity contribution in [2.45, 2.75) is 45.4 Å². The van der Waals surface area contributed by atoms with Gasteiger partial charge in [0.05, 0.1) is 0 Å². The largest absolute Gasteiger partial charge is 0.384 e. The van der Waals surface area contributed by atoms with Crippen molar-refractivity contribution in [3.05, 3.63) is 29.3 Å². The van der Waals surface area contributed by atoms with Gasteiger partial charge in [0.25, 0.3) is 0 Å². The molecule has 0 spiro atoms. The van der Waals surface area contributed by atoms with Crippen molar-refractivity contribution in [3.8, 4) is 0 Å². The first-order valence-corrected chi connectivity index (χ1v) is 7.70. The number of anilines is 1. The highest BCUT2D eigenvalue weighted by molar-refractivity contribution is 5.98. The van der Waals surface area contributed by atoms with Crippen LogP contribution in [0.3, 0.4) is 0 Å². The van der Waals surface area contributed by atoms with E-state index in [2.05, 4.69) is 24.4 Å². The Labute approximate surface area is 115 Å². The van der Waals surface area contributed by atoms with Crippen LogP contribution in [0.1, 0.15) is 54.9 Å². The van der Waals surface area contributed by atoms with E-state index >= 15 is 0 Å². The lowest BCUT2D eigenvalue weighted by Crippen LogP contribution is -2.27. The maximum Gasteiger partial charge on any atom is 0.166 e. The Bertz CT molecular complexity index is 480. The molecule has 2 heteroatoms. The predicted octanol–water partition coefficient (Wildman–Crippen LogP) is 4.05. The van der Waals surface area contributed by atoms with Crippen molar-refractivity contribution in [2.24, 2.45) is 11.8 Å². The van der Waals surface area contributed by atoms with Crippen LogP contribution in [0.2, 0.25) is 0 Å². The van der Waals surface area contributed by atoms with Crippen LogP contribution in [-0.4, -0.2) is 12.3 Å². The summed E-state index contributed by atoms with van der Waals surface area (Å²) in [7, 11) is 0. The highest BCUT2D eigenvalue weighted by atomic mass is 16.1. The summed E-state index contributed by atoms with van der Waals surface area (Å²) in [5.74, 6) is 1.26. The van der Waals surface area contributed by atoms with Gasteiger partial charge in [-0.1, -0.05) is 26.2 Å². The van der Waals surface area contributed by atoms with Gasteiger partial charge in [-0.15, -0.1) is 0 Å². The van der Waals surface area contributed by atoms with Gasteiger partial charge in [-0.2, -0.15) is 0 Å². The fourth-order valence-electron chi connectivity index (χ4n) is 3.71. The Hall–Kier alpha value is -1.31. The van der Waals surface area contributed by atoms with E-state index < -0.39 is 0 Å². The molecule has 2 nitrogen and oxygen atoms in total. The van der Waals surface area contributed by atoms with Gasteiger partial charge in [0.2, 0.25) is 0 Å². The van der Waals surface area contributed by atoms with Crippen LogP contribution in [0.4, 0.5) is 5.69 Å². The molecule has 2 aliphatic rings. The second kappa shape index (κ2) is 5.36. The summed E-state index contributed by atoms with van der Waals surface area (Å²) in [5.41, 5.74) is 3.47. The van der Waals surface area contributed by atoms with Crippen LogP contribution in [-0.2, 0) is 6.42 Å². The zero-order chi connectivity index (χ0) is 13.2. The zero-order valence-electron chi connectivity index (χ0n) is 11.7. The number of hydrogen-bond donors (Lipinski definition) is 1. The molecule has 1 fully saturated rings. The zero-order valence-corrected chi connectivity index (χ0v) is 11.7. The van der Waals surface area contributed by atoms with Gasteiger partial charge in [0.1, 0.15) is 0 Å². The summed E-state index contributed by atoms with van der Waals surface area (Å²) in [6, 6.07) is 6.22. The molecule has 0 radical (unpaired) electrons. The lowest BCUT2D eigenvalue weighted by atomic mass is 9.74. The van der Waals surface area contributed by atoms with Crippen LogP contribution >= 0.6 is 0 Å². The number of carbonyl (C=O) groups is 1. The number of carbonyl (C=O) groups excluding carboxylic acids is 1. The number of nitrogens with one attached hydrogen (secondary N) is 1. The van der Waals surface area contributed by atoms with Gasteiger partial charge >= 0.3 is 0 Å². The molecular weight excluding hydrogens is 234 g/mol. The maximum absolute atomic E-state index is 12.7. The molecule has 2 atom stereocenters. The van der Waals surface area contributed by atoms with E-state index in [1.165, 1.54) is 30.5 Å². The molecule has 1 aromatic rings. The highest BCUT2D eigenvalue weighted by Gasteiger charge is 2.30. The van der Waals surface area contributed by atoms with E-state index in [4.69, 9.17) is 0 Å². The van der Waals surface area contributed by atoms with E-state index in [0.29, 0.717) is 11.7 Å². The first-order valence-electron chi connectivity index (χ1n) is 7.70. The molecule has 0 amide bonds.